The van der Waals surface area contributed by atoms with Gasteiger partial charge in [0.05, 0.1) is 11.6 Å². The first-order chi connectivity index (χ1) is 12.1. The number of nitrogens with one attached hydrogen (secondary N) is 1. The van der Waals surface area contributed by atoms with E-state index in [9.17, 15) is 14.4 Å². The highest BCUT2D eigenvalue weighted by Crippen LogP contribution is 2.30. The molecule has 1 aliphatic rings. The Morgan fingerprint density at radius 2 is 2.08 bits per heavy atom. The van der Waals surface area contributed by atoms with Gasteiger partial charge in [0.2, 0.25) is 5.91 Å². The number of hydrogen-bond acceptors (Lipinski definition) is 2. The van der Waals surface area contributed by atoms with E-state index in [1.165, 1.54) is 12.1 Å². The van der Waals surface area contributed by atoms with Crippen LogP contribution in [0.4, 0.5) is 4.39 Å². The molecule has 0 radical (unpaired) electrons. The van der Waals surface area contributed by atoms with Gasteiger partial charge >= 0.3 is 0 Å². The molecule has 2 aromatic carbocycles. The van der Waals surface area contributed by atoms with Crippen LogP contribution in [0.15, 0.2) is 42.0 Å². The van der Waals surface area contributed by atoms with Gasteiger partial charge in [0.1, 0.15) is 5.82 Å². The zero-order valence-electron chi connectivity index (χ0n) is 14.1. The molecule has 1 saturated heterocycles. The van der Waals surface area contributed by atoms with E-state index in [1.807, 2.05) is 19.1 Å². The van der Waals surface area contributed by atoms with Crippen LogP contribution in [0.5, 0.6) is 0 Å². The van der Waals surface area contributed by atoms with Crippen LogP contribution in [0.1, 0.15) is 36.0 Å². The fourth-order valence-electron chi connectivity index (χ4n) is 3.10. The highest BCUT2D eigenvalue weighted by atomic mass is 19.1. The maximum Gasteiger partial charge on any atom is 0.247 e. The summed E-state index contributed by atoms with van der Waals surface area (Å²) in [6.45, 7) is 2.63. The van der Waals surface area contributed by atoms with E-state index in [2.05, 4.69) is 11.4 Å². The molecule has 4 heteroatoms. The molecule has 0 bridgehead atoms. The second-order valence-electron chi connectivity index (χ2n) is 6.24. The average molecular weight is 334 g/mol. The molecule has 0 atom stereocenters. The Morgan fingerprint density at radius 1 is 1.24 bits per heavy atom. The van der Waals surface area contributed by atoms with Crippen molar-refractivity contribution in [3.05, 3.63) is 64.5 Å². The third kappa shape index (κ3) is 3.77. The van der Waals surface area contributed by atoms with Crippen LogP contribution in [0, 0.1) is 24.1 Å². The molecule has 1 aliphatic heterocycles. The highest BCUT2D eigenvalue weighted by molar-refractivity contribution is 5.98. The molecule has 1 amide bonds. The minimum absolute atomic E-state index is 0.0495. The summed E-state index contributed by atoms with van der Waals surface area (Å²) < 4.78 is 13.6. The predicted molar refractivity (Wildman–Crippen MR) is 96.1 cm³/mol. The summed E-state index contributed by atoms with van der Waals surface area (Å²) in [4.78, 5) is 12.2. The minimum Gasteiger partial charge on any atom is -0.352 e. The molecule has 1 fully saturated rings. The van der Waals surface area contributed by atoms with E-state index in [1.54, 1.807) is 18.2 Å². The monoisotopic (exact) mass is 334 g/mol. The molecule has 3 rings (SSSR count). The van der Waals surface area contributed by atoms with Crippen molar-refractivity contribution < 1.29 is 9.18 Å². The van der Waals surface area contributed by atoms with Crippen molar-refractivity contribution >= 4 is 12.0 Å². The van der Waals surface area contributed by atoms with Crippen molar-refractivity contribution in [3.8, 4) is 17.2 Å². The number of halogens is 1. The number of hydrogen-bond donors (Lipinski definition) is 1. The van der Waals surface area contributed by atoms with Gasteiger partial charge in [0, 0.05) is 12.1 Å². The molecular weight excluding hydrogens is 315 g/mol. The predicted octanol–water partition coefficient (Wildman–Crippen LogP) is 4.36. The lowest BCUT2D eigenvalue weighted by atomic mass is 9.92. The van der Waals surface area contributed by atoms with Crippen molar-refractivity contribution in [1.82, 2.24) is 5.32 Å². The summed E-state index contributed by atoms with van der Waals surface area (Å²) in [6.07, 6.45) is 4.50. The maximum atomic E-state index is 13.6. The molecule has 1 heterocycles. The van der Waals surface area contributed by atoms with E-state index in [0.29, 0.717) is 12.1 Å². The number of amides is 1. The van der Waals surface area contributed by atoms with Gasteiger partial charge < -0.3 is 5.32 Å². The van der Waals surface area contributed by atoms with Gasteiger partial charge in [-0.15, -0.1) is 0 Å². The van der Waals surface area contributed by atoms with Crippen LogP contribution in [0.3, 0.4) is 0 Å². The van der Waals surface area contributed by atoms with Crippen LogP contribution in [0.25, 0.3) is 17.2 Å². The van der Waals surface area contributed by atoms with Crippen molar-refractivity contribution in [2.45, 2.75) is 26.2 Å². The zero-order valence-corrected chi connectivity index (χ0v) is 14.1. The molecular formula is C21H19FN2O. The Morgan fingerprint density at radius 3 is 2.84 bits per heavy atom. The van der Waals surface area contributed by atoms with E-state index in [0.717, 1.165) is 47.1 Å². The molecule has 0 aromatic heterocycles. The SMILES string of the molecule is Cc1c(/C=C2\CCCCNC2=O)cc(C#N)cc1-c1cccc(F)c1. The van der Waals surface area contributed by atoms with Gasteiger partial charge in [-0.2, -0.15) is 5.26 Å². The third-order valence-corrected chi connectivity index (χ3v) is 4.49. The molecule has 0 spiro atoms. The second-order valence-corrected chi connectivity index (χ2v) is 6.24. The first kappa shape index (κ1) is 16.9. The van der Waals surface area contributed by atoms with Gasteiger partial charge in [-0.1, -0.05) is 12.1 Å². The van der Waals surface area contributed by atoms with Crippen LogP contribution in [-0.2, 0) is 4.79 Å². The maximum absolute atomic E-state index is 13.6. The number of carbonyl (C=O) groups is 1. The number of carbonyl (C=O) groups excluding carboxylic acids is 1. The fourth-order valence-corrected chi connectivity index (χ4v) is 3.10. The lowest BCUT2D eigenvalue weighted by Crippen LogP contribution is -2.23. The quantitative estimate of drug-likeness (QED) is 0.830. The molecule has 0 unspecified atom stereocenters. The van der Waals surface area contributed by atoms with Crippen LogP contribution >= 0.6 is 0 Å². The van der Waals surface area contributed by atoms with Crippen LogP contribution in [-0.4, -0.2) is 12.5 Å². The van der Waals surface area contributed by atoms with Crippen molar-refractivity contribution in [3.63, 3.8) is 0 Å². The Balaban J connectivity index is 2.13. The highest BCUT2D eigenvalue weighted by Gasteiger charge is 2.15. The lowest BCUT2D eigenvalue weighted by molar-refractivity contribution is -0.117. The first-order valence-electron chi connectivity index (χ1n) is 8.38. The normalized spacial score (nSPS) is 16.2. The fraction of sp³-hybridized carbons (Fsp3) is 0.238. The standard InChI is InChI=1S/C21H19FN2O/c1-14-18(11-17-5-2-3-8-24-21(17)25)9-15(13-23)10-20(14)16-6-4-7-19(22)12-16/h4,6-7,9-12H,2-3,5,8H2,1H3,(H,24,25)/b17-11+. The number of nitriles is 1. The van der Waals surface area contributed by atoms with Crippen LogP contribution in [0.2, 0.25) is 0 Å². The topological polar surface area (TPSA) is 52.9 Å². The largest absolute Gasteiger partial charge is 0.352 e. The summed E-state index contributed by atoms with van der Waals surface area (Å²) in [5.41, 5.74) is 4.49. The van der Waals surface area contributed by atoms with E-state index >= 15 is 0 Å². The molecule has 126 valence electrons. The molecule has 3 nitrogen and oxygen atoms in total. The van der Waals surface area contributed by atoms with Crippen molar-refractivity contribution in [1.29, 1.82) is 5.26 Å². The summed E-state index contributed by atoms with van der Waals surface area (Å²) in [7, 11) is 0. The number of rotatable bonds is 2. The van der Waals surface area contributed by atoms with Gasteiger partial charge in [0.15, 0.2) is 0 Å². The molecule has 0 saturated carbocycles. The van der Waals surface area contributed by atoms with Crippen molar-refractivity contribution in [2.24, 2.45) is 0 Å². The van der Waals surface area contributed by atoms with Gasteiger partial charge in [-0.3, -0.25) is 4.79 Å². The molecule has 2 aromatic rings. The summed E-state index contributed by atoms with van der Waals surface area (Å²) in [6, 6.07) is 12.0. The molecule has 25 heavy (non-hydrogen) atoms. The van der Waals surface area contributed by atoms with Crippen LogP contribution < -0.4 is 5.32 Å². The van der Waals surface area contributed by atoms with E-state index in [4.69, 9.17) is 0 Å². The summed E-state index contributed by atoms with van der Waals surface area (Å²) in [5, 5.41) is 12.3. The third-order valence-electron chi connectivity index (χ3n) is 4.49. The average Bonchev–Trinajstić information content (AvgIpc) is 2.81. The van der Waals surface area contributed by atoms with E-state index in [-0.39, 0.29) is 11.7 Å². The first-order valence-corrected chi connectivity index (χ1v) is 8.38. The second kappa shape index (κ2) is 7.31. The number of nitrogens with zero attached hydrogens (tertiary/aromatic N) is 1. The van der Waals surface area contributed by atoms with Gasteiger partial charge in [-0.25, -0.2) is 4.39 Å². The Kier molecular flexibility index (Phi) is 4.95. The zero-order chi connectivity index (χ0) is 17.8. The lowest BCUT2D eigenvalue weighted by Gasteiger charge is -2.12. The molecule has 0 aliphatic carbocycles. The van der Waals surface area contributed by atoms with Gasteiger partial charge in [0.25, 0.3) is 0 Å². The van der Waals surface area contributed by atoms with Crippen molar-refractivity contribution in [2.75, 3.05) is 6.54 Å². The van der Waals surface area contributed by atoms with Gasteiger partial charge in [-0.05, 0) is 78.8 Å². The number of benzene rings is 2. The summed E-state index contributed by atoms with van der Waals surface area (Å²) >= 11 is 0. The summed E-state index contributed by atoms with van der Waals surface area (Å²) in [5.74, 6) is -0.367. The Bertz CT molecular complexity index is 893. The van der Waals surface area contributed by atoms with E-state index < -0.39 is 0 Å². The Labute approximate surface area is 146 Å². The smallest absolute Gasteiger partial charge is 0.247 e. The minimum atomic E-state index is -0.317. The molecule has 1 N–H and O–H groups in total. The Hall–Kier alpha value is -2.93.